The number of likely N-dealkylation sites (tertiary alicyclic amines) is 1. The average Bonchev–Trinajstić information content (AvgIpc) is 3.63. The van der Waals surface area contributed by atoms with Crippen LogP contribution in [0.4, 0.5) is 4.79 Å². The minimum atomic E-state index is -1.35. The number of benzene rings is 4. The van der Waals surface area contributed by atoms with Crippen LogP contribution >= 0.6 is 0 Å². The Bertz CT molecular complexity index is 2100. The Balaban J connectivity index is 1.27. The van der Waals surface area contributed by atoms with Crippen molar-refractivity contribution in [2.24, 2.45) is 5.92 Å². The molecule has 2 heterocycles. The molecule has 1 saturated heterocycles. The van der Waals surface area contributed by atoms with E-state index in [1.807, 2.05) is 106 Å². The Labute approximate surface area is 301 Å². The highest BCUT2D eigenvalue weighted by Gasteiger charge is 2.36. The summed E-state index contributed by atoms with van der Waals surface area (Å²) in [5.74, 6) is -3.02. The highest BCUT2D eigenvalue weighted by atomic mass is 16.6. The summed E-state index contributed by atoms with van der Waals surface area (Å²) >= 11 is 0. The molecule has 6 rings (SSSR count). The van der Waals surface area contributed by atoms with Crippen LogP contribution in [0.1, 0.15) is 67.3 Å². The molecule has 12 heteroatoms. The quantitative estimate of drug-likeness (QED) is 0.173. The molecule has 1 fully saturated rings. The first-order chi connectivity index (χ1) is 24.8. The van der Waals surface area contributed by atoms with Crippen LogP contribution < -0.4 is 5.32 Å². The number of aromatic nitrogens is 2. The second kappa shape index (κ2) is 15.2. The molecule has 52 heavy (non-hydrogen) atoms. The van der Waals surface area contributed by atoms with Crippen LogP contribution in [0.3, 0.4) is 0 Å². The van der Waals surface area contributed by atoms with E-state index in [9.17, 15) is 24.3 Å². The minimum absolute atomic E-state index is 0.0355. The van der Waals surface area contributed by atoms with Crippen molar-refractivity contribution in [1.82, 2.24) is 25.3 Å². The van der Waals surface area contributed by atoms with Gasteiger partial charge in [0.2, 0.25) is 17.7 Å². The smallest absolute Gasteiger partial charge is 0.410 e. The van der Waals surface area contributed by atoms with Crippen LogP contribution in [0.15, 0.2) is 89.5 Å². The molecule has 2 atom stereocenters. The van der Waals surface area contributed by atoms with Crippen LogP contribution in [0, 0.1) is 5.92 Å². The van der Waals surface area contributed by atoms with E-state index in [1.54, 1.807) is 11.9 Å². The van der Waals surface area contributed by atoms with Crippen molar-refractivity contribution in [3.05, 3.63) is 108 Å². The number of carboxylic acid groups (broad SMARTS) is 1. The molecule has 3 amide bonds. The van der Waals surface area contributed by atoms with E-state index in [1.165, 1.54) is 4.90 Å². The summed E-state index contributed by atoms with van der Waals surface area (Å²) in [6, 6.07) is 25.8. The second-order valence-corrected chi connectivity index (χ2v) is 14.3. The number of aromatic carboxylic acids is 1. The van der Waals surface area contributed by atoms with E-state index in [0.717, 1.165) is 32.7 Å². The van der Waals surface area contributed by atoms with Gasteiger partial charge in [0, 0.05) is 38.9 Å². The van der Waals surface area contributed by atoms with Gasteiger partial charge in [-0.25, -0.2) is 9.59 Å². The van der Waals surface area contributed by atoms with Gasteiger partial charge in [0.05, 0.1) is 0 Å². The van der Waals surface area contributed by atoms with Gasteiger partial charge in [-0.3, -0.25) is 9.59 Å². The first kappa shape index (κ1) is 36.0. The highest BCUT2D eigenvalue weighted by molar-refractivity contribution is 5.90. The number of hydrogen-bond acceptors (Lipinski definition) is 8. The van der Waals surface area contributed by atoms with E-state index in [0.29, 0.717) is 25.9 Å². The van der Waals surface area contributed by atoms with Gasteiger partial charge in [0.1, 0.15) is 17.7 Å². The van der Waals surface area contributed by atoms with E-state index in [-0.39, 0.29) is 24.6 Å². The molecule has 1 aromatic heterocycles. The van der Waals surface area contributed by atoms with E-state index < -0.39 is 47.4 Å². The standard InChI is InChI=1S/C40H43N5O7/c1-40(2,3)51-39(50)45-19-17-29(18-20-45)35(46)41-32(23-25-13-15-27-9-5-7-11-30(27)21-25)37(47)44(4)33(36-42-34(38(48)49)43-52-36)24-26-14-16-28-10-6-8-12-31(28)22-26/h5-16,21-22,29,32-33H,17-20,23-24H2,1-4H3,(H,41,46)(H,48,49)/t32-,33-/m1/s1. The lowest BCUT2D eigenvalue weighted by Crippen LogP contribution is -2.52. The van der Waals surface area contributed by atoms with Crippen LogP contribution in [0.25, 0.3) is 21.5 Å². The van der Waals surface area contributed by atoms with Crippen molar-refractivity contribution in [2.75, 3.05) is 20.1 Å². The van der Waals surface area contributed by atoms with Gasteiger partial charge in [-0.1, -0.05) is 84.9 Å². The van der Waals surface area contributed by atoms with Crippen molar-refractivity contribution in [2.45, 2.75) is 64.1 Å². The predicted octanol–water partition coefficient (Wildman–Crippen LogP) is 6.19. The van der Waals surface area contributed by atoms with Gasteiger partial charge in [-0.15, -0.1) is 0 Å². The molecule has 0 bridgehead atoms. The molecule has 0 aliphatic carbocycles. The molecule has 0 radical (unpaired) electrons. The molecule has 0 unspecified atom stereocenters. The van der Waals surface area contributed by atoms with Gasteiger partial charge >= 0.3 is 12.1 Å². The van der Waals surface area contributed by atoms with E-state index in [4.69, 9.17) is 9.26 Å². The van der Waals surface area contributed by atoms with Gasteiger partial charge < -0.3 is 29.5 Å². The minimum Gasteiger partial charge on any atom is -0.475 e. The lowest BCUT2D eigenvalue weighted by Gasteiger charge is -2.34. The van der Waals surface area contributed by atoms with Crippen LogP contribution in [0.2, 0.25) is 0 Å². The fourth-order valence-corrected chi connectivity index (χ4v) is 6.58. The number of fused-ring (bicyclic) bond motifs is 2. The third-order valence-corrected chi connectivity index (χ3v) is 9.36. The average molecular weight is 706 g/mol. The number of amides is 3. The third kappa shape index (κ3) is 8.56. The number of nitrogens with zero attached hydrogens (tertiary/aromatic N) is 4. The Hall–Kier alpha value is -5.78. The first-order valence-electron chi connectivity index (χ1n) is 17.4. The predicted molar refractivity (Wildman–Crippen MR) is 195 cm³/mol. The number of piperidine rings is 1. The first-order valence-corrected chi connectivity index (χ1v) is 17.4. The maximum atomic E-state index is 14.6. The third-order valence-electron chi connectivity index (χ3n) is 9.36. The lowest BCUT2D eigenvalue weighted by molar-refractivity contribution is -0.139. The lowest BCUT2D eigenvalue weighted by atomic mass is 9.94. The summed E-state index contributed by atoms with van der Waals surface area (Å²) in [6.45, 7) is 6.14. The van der Waals surface area contributed by atoms with Gasteiger partial charge in [-0.05, 0) is 71.4 Å². The zero-order chi connectivity index (χ0) is 37.0. The number of nitrogens with one attached hydrogen (secondary N) is 1. The van der Waals surface area contributed by atoms with Gasteiger partial charge in [-0.2, -0.15) is 4.98 Å². The molecule has 4 aromatic carbocycles. The van der Waals surface area contributed by atoms with E-state index in [2.05, 4.69) is 15.5 Å². The van der Waals surface area contributed by atoms with Crippen molar-refractivity contribution >= 4 is 45.4 Å². The summed E-state index contributed by atoms with van der Waals surface area (Å²) in [5, 5.41) is 20.3. The number of rotatable bonds is 10. The fourth-order valence-electron chi connectivity index (χ4n) is 6.58. The number of ether oxygens (including phenoxy) is 1. The van der Waals surface area contributed by atoms with Crippen LogP contribution in [0.5, 0.6) is 0 Å². The van der Waals surface area contributed by atoms with Crippen LogP contribution in [-0.4, -0.2) is 80.7 Å². The van der Waals surface area contributed by atoms with Gasteiger partial charge in [0.25, 0.3) is 5.82 Å². The zero-order valence-corrected chi connectivity index (χ0v) is 29.7. The monoisotopic (exact) mass is 705 g/mol. The molecule has 12 nitrogen and oxygen atoms in total. The van der Waals surface area contributed by atoms with Crippen LogP contribution in [-0.2, 0) is 27.2 Å². The molecular weight excluding hydrogens is 662 g/mol. The number of carbonyl (C=O) groups is 4. The summed E-state index contributed by atoms with van der Waals surface area (Å²) in [7, 11) is 1.59. The number of carbonyl (C=O) groups excluding carboxylic acids is 3. The summed E-state index contributed by atoms with van der Waals surface area (Å²) in [6.07, 6.45) is 0.865. The molecule has 0 spiro atoms. The maximum absolute atomic E-state index is 14.6. The molecule has 2 N–H and O–H groups in total. The Kier molecular flexibility index (Phi) is 10.5. The maximum Gasteiger partial charge on any atom is 0.410 e. The highest BCUT2D eigenvalue weighted by Crippen LogP contribution is 2.28. The van der Waals surface area contributed by atoms with Crippen molar-refractivity contribution in [3.63, 3.8) is 0 Å². The van der Waals surface area contributed by atoms with Crippen molar-refractivity contribution in [1.29, 1.82) is 0 Å². The Morgan fingerprint density at radius 2 is 1.44 bits per heavy atom. The summed E-state index contributed by atoms with van der Waals surface area (Å²) < 4.78 is 11.0. The topological polar surface area (TPSA) is 155 Å². The Morgan fingerprint density at radius 3 is 1.98 bits per heavy atom. The normalized spacial score (nSPS) is 14.9. The molecule has 270 valence electrons. The molecule has 5 aromatic rings. The van der Waals surface area contributed by atoms with Crippen molar-refractivity contribution < 1.29 is 33.5 Å². The fraction of sp³-hybridized carbons (Fsp3) is 0.350. The van der Waals surface area contributed by atoms with Crippen molar-refractivity contribution in [3.8, 4) is 0 Å². The molecule has 1 aliphatic rings. The molecule has 0 saturated carbocycles. The molecular formula is C40H43N5O7. The summed E-state index contributed by atoms with van der Waals surface area (Å²) in [5.41, 5.74) is 1.09. The number of hydrogen-bond donors (Lipinski definition) is 2. The second-order valence-electron chi connectivity index (χ2n) is 14.3. The van der Waals surface area contributed by atoms with Gasteiger partial charge in [0.15, 0.2) is 0 Å². The number of carboxylic acids is 1. The van der Waals surface area contributed by atoms with E-state index >= 15 is 0 Å². The zero-order valence-electron chi connectivity index (χ0n) is 29.7. The largest absolute Gasteiger partial charge is 0.475 e. The summed E-state index contributed by atoms with van der Waals surface area (Å²) in [4.78, 5) is 60.0. The molecule has 1 aliphatic heterocycles. The number of likely N-dealkylation sites (N-methyl/N-ethyl adjacent to an activating group) is 1. The Morgan fingerprint density at radius 1 is 0.885 bits per heavy atom. The SMILES string of the molecule is CN(C(=O)[C@@H](Cc1ccc2ccccc2c1)NC(=O)C1CCN(C(=O)OC(C)(C)C)CC1)[C@H](Cc1ccc2ccccc2c1)c1nc(C(=O)O)no1.